The summed E-state index contributed by atoms with van der Waals surface area (Å²) < 4.78 is 25.1. The fourth-order valence-corrected chi connectivity index (χ4v) is 2.95. The second kappa shape index (κ2) is 4.82. The van der Waals surface area contributed by atoms with Crippen molar-refractivity contribution in [1.29, 1.82) is 0 Å². The van der Waals surface area contributed by atoms with Crippen LogP contribution in [0.15, 0.2) is 64.5 Å². The highest BCUT2D eigenvalue weighted by Crippen LogP contribution is 2.15. The number of aromatic nitrogens is 2. The Hall–Kier alpha value is -2.47. The van der Waals surface area contributed by atoms with Crippen molar-refractivity contribution in [2.75, 3.05) is 6.26 Å². The first kappa shape index (κ1) is 13.5. The molecular weight excluding hydrogens is 288 g/mol. The van der Waals surface area contributed by atoms with E-state index in [9.17, 15) is 13.2 Å². The molecule has 0 fully saturated rings. The summed E-state index contributed by atoms with van der Waals surface area (Å²) in [6.45, 7) is 0. The molecule has 1 aromatic heterocycles. The normalized spacial score (nSPS) is 11.7. The predicted octanol–water partition coefficient (Wildman–Crippen LogP) is 1.79. The van der Waals surface area contributed by atoms with Crippen molar-refractivity contribution >= 4 is 20.7 Å². The van der Waals surface area contributed by atoms with E-state index in [1.54, 1.807) is 54.6 Å². The molecule has 0 saturated carbocycles. The minimum Gasteiger partial charge on any atom is -0.268 e. The van der Waals surface area contributed by atoms with Gasteiger partial charge >= 0.3 is 0 Å². The van der Waals surface area contributed by atoms with Crippen LogP contribution in [0.2, 0.25) is 0 Å². The number of hydrogen-bond acceptors (Lipinski definition) is 4. The van der Waals surface area contributed by atoms with E-state index in [1.807, 2.05) is 0 Å². The number of nitrogens with zero attached hydrogens (tertiary/aromatic N) is 2. The van der Waals surface area contributed by atoms with Crippen LogP contribution in [0.1, 0.15) is 0 Å². The van der Waals surface area contributed by atoms with Gasteiger partial charge in [-0.3, -0.25) is 9.36 Å². The first-order chi connectivity index (χ1) is 9.98. The number of fused-ring (bicyclic) bond motifs is 1. The molecule has 0 amide bonds. The van der Waals surface area contributed by atoms with Crippen LogP contribution in [0, 0.1) is 0 Å². The maximum atomic E-state index is 12.7. The van der Waals surface area contributed by atoms with Gasteiger partial charge in [-0.05, 0) is 24.3 Å². The summed E-state index contributed by atoms with van der Waals surface area (Å²) >= 11 is 0. The molecule has 1 heterocycles. The molecule has 21 heavy (non-hydrogen) atoms. The third-order valence-corrected chi connectivity index (χ3v) is 4.03. The lowest BCUT2D eigenvalue weighted by molar-refractivity contribution is 0.586. The van der Waals surface area contributed by atoms with Crippen LogP contribution in [0.3, 0.4) is 0 Å². The Labute approximate surface area is 121 Å². The number of rotatable bonds is 2. The molecule has 0 saturated heterocycles. The van der Waals surface area contributed by atoms with Crippen LogP contribution in [0.4, 0.5) is 0 Å². The Bertz CT molecular complexity index is 977. The molecule has 3 rings (SSSR count). The molecule has 0 bridgehead atoms. The fourth-order valence-electron chi connectivity index (χ4n) is 2.17. The van der Waals surface area contributed by atoms with E-state index in [0.29, 0.717) is 16.6 Å². The van der Waals surface area contributed by atoms with Gasteiger partial charge in [0.1, 0.15) is 0 Å². The Kier molecular flexibility index (Phi) is 3.10. The zero-order valence-corrected chi connectivity index (χ0v) is 12.0. The maximum absolute atomic E-state index is 12.7. The van der Waals surface area contributed by atoms with Gasteiger partial charge in [0.05, 0.1) is 16.6 Å². The lowest BCUT2D eigenvalue weighted by Gasteiger charge is -2.11. The monoisotopic (exact) mass is 300 g/mol. The van der Waals surface area contributed by atoms with Gasteiger partial charge in [-0.15, -0.1) is 0 Å². The zero-order valence-electron chi connectivity index (χ0n) is 11.2. The van der Waals surface area contributed by atoms with Crippen LogP contribution < -0.4 is 5.56 Å². The van der Waals surface area contributed by atoms with Crippen LogP contribution in [-0.4, -0.2) is 24.2 Å². The Morgan fingerprint density at radius 3 is 2.24 bits per heavy atom. The van der Waals surface area contributed by atoms with Crippen LogP contribution in [-0.2, 0) is 9.84 Å². The lowest BCUT2D eigenvalue weighted by Crippen LogP contribution is -2.25. The maximum Gasteiger partial charge on any atom is 0.266 e. The van der Waals surface area contributed by atoms with Gasteiger partial charge < -0.3 is 0 Å². The summed E-state index contributed by atoms with van der Waals surface area (Å²) in [6, 6.07) is 15.3. The van der Waals surface area contributed by atoms with Crippen molar-refractivity contribution < 1.29 is 8.42 Å². The molecule has 0 unspecified atom stereocenters. The van der Waals surface area contributed by atoms with Gasteiger partial charge in [-0.1, -0.05) is 30.3 Å². The summed E-state index contributed by atoms with van der Waals surface area (Å²) in [6.07, 6.45) is 1.04. The average molecular weight is 300 g/mol. The second-order valence-electron chi connectivity index (χ2n) is 4.66. The number of para-hydroxylation sites is 2. The molecule has 2 aromatic carbocycles. The van der Waals surface area contributed by atoms with Crippen molar-refractivity contribution in [2.24, 2.45) is 0 Å². The summed E-state index contributed by atoms with van der Waals surface area (Å²) in [4.78, 5) is 16.8. The molecule has 0 aliphatic carbocycles. The molecule has 106 valence electrons. The highest BCUT2D eigenvalue weighted by molar-refractivity contribution is 7.90. The first-order valence-electron chi connectivity index (χ1n) is 6.26. The molecular formula is C15H12N2O3S. The summed E-state index contributed by atoms with van der Waals surface area (Å²) in [5, 5.41) is 0.131. The smallest absolute Gasteiger partial charge is 0.266 e. The highest BCUT2D eigenvalue weighted by Gasteiger charge is 2.19. The first-order valence-corrected chi connectivity index (χ1v) is 8.15. The molecule has 3 aromatic rings. The summed E-state index contributed by atoms with van der Waals surface area (Å²) in [7, 11) is -3.64. The number of benzene rings is 2. The highest BCUT2D eigenvalue weighted by atomic mass is 32.2. The van der Waals surface area contributed by atoms with Crippen LogP contribution in [0.25, 0.3) is 16.6 Å². The van der Waals surface area contributed by atoms with E-state index < -0.39 is 15.4 Å². The topological polar surface area (TPSA) is 69.0 Å². The van der Waals surface area contributed by atoms with E-state index in [4.69, 9.17) is 0 Å². The molecule has 0 spiro atoms. The zero-order chi connectivity index (χ0) is 15.0. The minimum atomic E-state index is -3.64. The summed E-state index contributed by atoms with van der Waals surface area (Å²) in [5.41, 5.74) is 0.448. The molecule has 5 nitrogen and oxygen atoms in total. The average Bonchev–Trinajstić information content (AvgIpc) is 2.47. The van der Waals surface area contributed by atoms with E-state index >= 15 is 0 Å². The third kappa shape index (κ3) is 2.34. The van der Waals surface area contributed by atoms with Crippen LogP contribution >= 0.6 is 0 Å². The van der Waals surface area contributed by atoms with Gasteiger partial charge in [-0.2, -0.15) is 0 Å². The molecule has 0 aliphatic heterocycles. The van der Waals surface area contributed by atoms with Gasteiger partial charge in [0, 0.05) is 6.26 Å². The van der Waals surface area contributed by atoms with E-state index in [1.165, 1.54) is 0 Å². The predicted molar refractivity (Wildman–Crippen MR) is 80.4 cm³/mol. The fraction of sp³-hybridized carbons (Fsp3) is 0.0667. The standard InChI is InChI=1S/C15H12N2O3S/c1-21(19,20)15-16-13-10-6-5-9-12(13)14(18)17(15)11-7-3-2-4-8-11/h2-10H,1H3. The largest absolute Gasteiger partial charge is 0.268 e. The Morgan fingerprint density at radius 2 is 1.57 bits per heavy atom. The second-order valence-corrected chi connectivity index (χ2v) is 6.57. The van der Waals surface area contributed by atoms with Crippen molar-refractivity contribution in [3.63, 3.8) is 0 Å². The summed E-state index contributed by atoms with van der Waals surface area (Å²) in [5.74, 6) is 0. The van der Waals surface area contributed by atoms with E-state index in [2.05, 4.69) is 4.98 Å². The number of hydrogen-bond donors (Lipinski definition) is 0. The molecule has 0 atom stereocenters. The third-order valence-electron chi connectivity index (χ3n) is 3.09. The molecule has 6 heteroatoms. The van der Waals surface area contributed by atoms with Gasteiger partial charge in [0.25, 0.3) is 5.56 Å². The SMILES string of the molecule is CS(=O)(=O)c1nc2ccccc2c(=O)n1-c1ccccc1. The molecule has 0 aliphatic rings. The molecule has 0 radical (unpaired) electrons. The number of sulfone groups is 1. The Morgan fingerprint density at radius 1 is 0.952 bits per heavy atom. The lowest BCUT2D eigenvalue weighted by atomic mass is 10.2. The van der Waals surface area contributed by atoms with Gasteiger partial charge in [0.2, 0.25) is 15.0 Å². The van der Waals surface area contributed by atoms with Crippen molar-refractivity contribution in [1.82, 2.24) is 9.55 Å². The quantitative estimate of drug-likeness (QED) is 0.677. The molecule has 0 N–H and O–H groups in total. The van der Waals surface area contributed by atoms with Gasteiger partial charge in [0.15, 0.2) is 0 Å². The van der Waals surface area contributed by atoms with Gasteiger partial charge in [-0.25, -0.2) is 13.4 Å². The van der Waals surface area contributed by atoms with Crippen molar-refractivity contribution in [3.05, 3.63) is 65.0 Å². The van der Waals surface area contributed by atoms with Crippen molar-refractivity contribution in [2.45, 2.75) is 5.16 Å². The van der Waals surface area contributed by atoms with E-state index in [-0.39, 0.29) is 5.16 Å². The van der Waals surface area contributed by atoms with Crippen LogP contribution in [0.5, 0.6) is 0 Å². The Balaban J connectivity index is 2.52. The van der Waals surface area contributed by atoms with E-state index in [0.717, 1.165) is 10.8 Å². The minimum absolute atomic E-state index is 0.252. The van der Waals surface area contributed by atoms with Crippen molar-refractivity contribution in [3.8, 4) is 5.69 Å².